The van der Waals surface area contributed by atoms with Crippen molar-refractivity contribution in [3.05, 3.63) is 0 Å². The van der Waals surface area contributed by atoms with Gasteiger partial charge in [-0.3, -0.25) is 4.79 Å². The van der Waals surface area contributed by atoms with Crippen LogP contribution in [0.4, 0.5) is 0 Å². The van der Waals surface area contributed by atoms with Gasteiger partial charge in [-0.15, -0.1) is 0 Å². The molecule has 4 heteroatoms. The molecule has 1 N–H and O–H groups in total. The summed E-state index contributed by atoms with van der Waals surface area (Å²) in [5.41, 5.74) is 0. The predicted octanol–water partition coefficient (Wildman–Crippen LogP) is -0.0720. The van der Waals surface area contributed by atoms with Crippen molar-refractivity contribution < 1.29 is 14.3 Å². The first kappa shape index (κ1) is 9.48. The molecule has 12 heavy (non-hydrogen) atoms. The molecule has 1 unspecified atom stereocenters. The highest BCUT2D eigenvalue weighted by molar-refractivity contribution is 5.65. The van der Waals surface area contributed by atoms with E-state index < -0.39 is 0 Å². The first-order chi connectivity index (χ1) is 5.79. The Bertz CT molecular complexity index is 143. The monoisotopic (exact) mass is 173 g/mol. The Balaban J connectivity index is 2.01. The van der Waals surface area contributed by atoms with Crippen LogP contribution < -0.4 is 5.32 Å². The molecule has 0 bridgehead atoms. The van der Waals surface area contributed by atoms with Crippen LogP contribution in [0.2, 0.25) is 0 Å². The fraction of sp³-hybridized carbons (Fsp3) is 0.875. The van der Waals surface area contributed by atoms with Crippen LogP contribution in [0, 0.1) is 0 Å². The molecular weight excluding hydrogens is 158 g/mol. The van der Waals surface area contributed by atoms with Gasteiger partial charge in [0.25, 0.3) is 0 Å². The Labute approximate surface area is 72.2 Å². The summed E-state index contributed by atoms with van der Waals surface area (Å²) in [7, 11) is 0. The molecule has 1 rings (SSSR count). The molecule has 1 fully saturated rings. The lowest BCUT2D eigenvalue weighted by molar-refractivity contribution is -0.141. The average molecular weight is 173 g/mol. The molecule has 0 aromatic rings. The number of rotatable bonds is 3. The maximum Gasteiger partial charge on any atom is 0.302 e. The predicted molar refractivity (Wildman–Crippen MR) is 43.9 cm³/mol. The second kappa shape index (κ2) is 5.11. The van der Waals surface area contributed by atoms with Gasteiger partial charge in [0, 0.05) is 26.4 Å². The lowest BCUT2D eigenvalue weighted by Gasteiger charge is -2.23. The van der Waals surface area contributed by atoms with Crippen LogP contribution in [0.1, 0.15) is 13.3 Å². The van der Waals surface area contributed by atoms with Gasteiger partial charge in [0.1, 0.15) is 0 Å². The van der Waals surface area contributed by atoms with E-state index in [1.165, 1.54) is 6.92 Å². The van der Waals surface area contributed by atoms with E-state index in [1.807, 2.05) is 0 Å². The molecule has 0 saturated carbocycles. The quantitative estimate of drug-likeness (QED) is 0.607. The molecule has 0 aromatic heterocycles. The summed E-state index contributed by atoms with van der Waals surface area (Å²) < 4.78 is 10.2. The van der Waals surface area contributed by atoms with Gasteiger partial charge in [-0.1, -0.05) is 0 Å². The van der Waals surface area contributed by atoms with Crippen molar-refractivity contribution in [1.82, 2.24) is 5.32 Å². The Morgan fingerprint density at radius 3 is 3.17 bits per heavy atom. The number of nitrogens with one attached hydrogen (secondary N) is 1. The third kappa shape index (κ3) is 3.69. The zero-order chi connectivity index (χ0) is 8.81. The number of esters is 1. The normalized spacial score (nSPS) is 23.6. The van der Waals surface area contributed by atoms with E-state index in [4.69, 9.17) is 9.47 Å². The summed E-state index contributed by atoms with van der Waals surface area (Å²) in [6, 6.07) is 0. The van der Waals surface area contributed by atoms with Gasteiger partial charge in [-0.25, -0.2) is 0 Å². The SMILES string of the molecule is CC(=O)OCCC1CNCCO1. The molecule has 1 heterocycles. The molecule has 4 nitrogen and oxygen atoms in total. The van der Waals surface area contributed by atoms with Crippen LogP contribution in [0.5, 0.6) is 0 Å². The van der Waals surface area contributed by atoms with Crippen LogP contribution in [0.15, 0.2) is 0 Å². The summed E-state index contributed by atoms with van der Waals surface area (Å²) in [6.07, 6.45) is 0.991. The van der Waals surface area contributed by atoms with Gasteiger partial charge in [-0.05, 0) is 0 Å². The zero-order valence-electron chi connectivity index (χ0n) is 7.34. The minimum absolute atomic E-state index is 0.207. The third-order valence-electron chi connectivity index (χ3n) is 1.75. The standard InChI is InChI=1S/C8H15NO3/c1-7(10)11-4-2-8-6-9-3-5-12-8/h8-9H,2-6H2,1H3. The first-order valence-electron chi connectivity index (χ1n) is 4.24. The fourth-order valence-corrected chi connectivity index (χ4v) is 1.14. The number of hydrogen-bond acceptors (Lipinski definition) is 4. The number of carbonyl (C=O) groups is 1. The van der Waals surface area contributed by atoms with E-state index in [-0.39, 0.29) is 12.1 Å². The highest BCUT2D eigenvalue weighted by Crippen LogP contribution is 2.01. The Morgan fingerprint density at radius 1 is 1.75 bits per heavy atom. The van der Waals surface area contributed by atoms with E-state index in [2.05, 4.69) is 5.32 Å². The zero-order valence-corrected chi connectivity index (χ0v) is 7.34. The van der Waals surface area contributed by atoms with Gasteiger partial charge in [0.15, 0.2) is 0 Å². The number of carbonyl (C=O) groups excluding carboxylic acids is 1. The van der Waals surface area contributed by atoms with E-state index in [1.54, 1.807) is 0 Å². The van der Waals surface area contributed by atoms with E-state index in [0.717, 1.165) is 26.1 Å². The molecule has 0 amide bonds. The fourth-order valence-electron chi connectivity index (χ4n) is 1.14. The molecule has 0 aliphatic carbocycles. The minimum Gasteiger partial charge on any atom is -0.466 e. The molecule has 1 saturated heterocycles. The van der Waals surface area contributed by atoms with Crippen molar-refractivity contribution in [2.75, 3.05) is 26.3 Å². The molecule has 70 valence electrons. The molecule has 1 aliphatic rings. The van der Waals surface area contributed by atoms with Gasteiger partial charge in [-0.2, -0.15) is 0 Å². The van der Waals surface area contributed by atoms with Crippen LogP contribution >= 0.6 is 0 Å². The Kier molecular flexibility index (Phi) is 4.04. The van der Waals surface area contributed by atoms with E-state index >= 15 is 0 Å². The van der Waals surface area contributed by atoms with Crippen molar-refractivity contribution >= 4 is 5.97 Å². The van der Waals surface area contributed by atoms with Crippen molar-refractivity contribution in [3.8, 4) is 0 Å². The molecule has 1 aliphatic heterocycles. The summed E-state index contributed by atoms with van der Waals surface area (Å²) in [5.74, 6) is -0.223. The number of hydrogen-bond donors (Lipinski definition) is 1. The van der Waals surface area contributed by atoms with E-state index in [9.17, 15) is 4.79 Å². The summed E-state index contributed by atoms with van der Waals surface area (Å²) >= 11 is 0. The number of ether oxygens (including phenoxy) is 2. The minimum atomic E-state index is -0.223. The Hall–Kier alpha value is -0.610. The third-order valence-corrected chi connectivity index (χ3v) is 1.75. The average Bonchev–Trinajstić information content (AvgIpc) is 2.05. The van der Waals surface area contributed by atoms with Crippen molar-refractivity contribution in [3.63, 3.8) is 0 Å². The largest absolute Gasteiger partial charge is 0.466 e. The smallest absolute Gasteiger partial charge is 0.302 e. The molecule has 1 atom stereocenters. The van der Waals surface area contributed by atoms with Crippen LogP contribution in [0.3, 0.4) is 0 Å². The lowest BCUT2D eigenvalue weighted by Crippen LogP contribution is -2.39. The maximum absolute atomic E-state index is 10.4. The van der Waals surface area contributed by atoms with Gasteiger partial charge in [0.2, 0.25) is 0 Å². The van der Waals surface area contributed by atoms with Gasteiger partial charge in [0.05, 0.1) is 19.3 Å². The second-order valence-electron chi connectivity index (χ2n) is 2.83. The van der Waals surface area contributed by atoms with Crippen molar-refractivity contribution in [1.29, 1.82) is 0 Å². The number of morpholine rings is 1. The molecular formula is C8H15NO3. The topological polar surface area (TPSA) is 47.6 Å². The van der Waals surface area contributed by atoms with Crippen LogP contribution in [0.25, 0.3) is 0 Å². The van der Waals surface area contributed by atoms with Crippen LogP contribution in [-0.4, -0.2) is 38.4 Å². The Morgan fingerprint density at radius 2 is 2.58 bits per heavy atom. The highest BCUT2D eigenvalue weighted by atomic mass is 16.5. The first-order valence-corrected chi connectivity index (χ1v) is 4.24. The van der Waals surface area contributed by atoms with Gasteiger partial charge >= 0.3 is 5.97 Å². The summed E-state index contributed by atoms with van der Waals surface area (Å²) in [5, 5.41) is 3.21. The van der Waals surface area contributed by atoms with Crippen molar-refractivity contribution in [2.45, 2.75) is 19.4 Å². The van der Waals surface area contributed by atoms with Crippen LogP contribution in [-0.2, 0) is 14.3 Å². The van der Waals surface area contributed by atoms with E-state index in [0.29, 0.717) is 6.61 Å². The van der Waals surface area contributed by atoms with Crippen molar-refractivity contribution in [2.24, 2.45) is 0 Å². The second-order valence-corrected chi connectivity index (χ2v) is 2.83. The highest BCUT2D eigenvalue weighted by Gasteiger charge is 2.12. The van der Waals surface area contributed by atoms with Gasteiger partial charge < -0.3 is 14.8 Å². The lowest BCUT2D eigenvalue weighted by atomic mass is 10.2. The maximum atomic E-state index is 10.4. The summed E-state index contributed by atoms with van der Waals surface area (Å²) in [6.45, 7) is 4.41. The summed E-state index contributed by atoms with van der Waals surface area (Å²) in [4.78, 5) is 10.4. The molecule has 0 aromatic carbocycles. The molecule has 0 spiro atoms. The molecule has 0 radical (unpaired) electrons.